The van der Waals surface area contributed by atoms with Crippen LogP contribution in [0.4, 0.5) is 0 Å². The lowest BCUT2D eigenvalue weighted by Crippen LogP contribution is -2.08. The van der Waals surface area contributed by atoms with Gasteiger partial charge in [0.05, 0.1) is 18.2 Å². The maximum Gasteiger partial charge on any atom is 0.168 e. The minimum atomic E-state index is 0.114. The maximum atomic E-state index is 12.2. The molecule has 0 spiro atoms. The monoisotopic (exact) mass is 332 g/mol. The van der Waals surface area contributed by atoms with E-state index in [-0.39, 0.29) is 5.78 Å². The third-order valence-corrected chi connectivity index (χ3v) is 4.34. The Morgan fingerprint density at radius 1 is 1.30 bits per heavy atom. The molecule has 0 atom stereocenters. The summed E-state index contributed by atoms with van der Waals surface area (Å²) < 4.78 is 2.97. The highest BCUT2D eigenvalue weighted by Gasteiger charge is 2.18. The molecular weight excluding hydrogens is 316 g/mol. The SMILES string of the molecule is O=C(Cc1ccn(C2CCCC2)n1)c1cccc(Br)c1. The zero-order valence-corrected chi connectivity index (χ0v) is 12.8. The van der Waals surface area contributed by atoms with Crippen LogP contribution in [-0.4, -0.2) is 15.6 Å². The van der Waals surface area contributed by atoms with Gasteiger partial charge in [0.15, 0.2) is 5.78 Å². The summed E-state index contributed by atoms with van der Waals surface area (Å²) in [6, 6.07) is 10.0. The van der Waals surface area contributed by atoms with Gasteiger partial charge in [0, 0.05) is 16.2 Å². The number of Topliss-reactive ketones (excluding diaryl/α,β-unsaturated/α-hetero) is 1. The first-order valence-electron chi connectivity index (χ1n) is 7.05. The van der Waals surface area contributed by atoms with E-state index < -0.39 is 0 Å². The Morgan fingerprint density at radius 2 is 2.10 bits per heavy atom. The number of aromatic nitrogens is 2. The van der Waals surface area contributed by atoms with Gasteiger partial charge < -0.3 is 0 Å². The van der Waals surface area contributed by atoms with Gasteiger partial charge in [-0.2, -0.15) is 5.10 Å². The second-order valence-corrected chi connectivity index (χ2v) is 6.25. The van der Waals surface area contributed by atoms with Crippen molar-refractivity contribution >= 4 is 21.7 Å². The molecule has 4 heteroatoms. The average molecular weight is 333 g/mol. The summed E-state index contributed by atoms with van der Waals surface area (Å²) in [4.78, 5) is 12.2. The standard InChI is InChI=1S/C16H17BrN2O/c17-13-5-3-4-12(10-13)16(20)11-14-8-9-19(18-14)15-6-1-2-7-15/h3-5,8-10,15H,1-2,6-7,11H2. The average Bonchev–Trinajstić information content (AvgIpc) is 3.08. The second kappa shape index (κ2) is 5.92. The fourth-order valence-corrected chi connectivity index (χ4v) is 3.17. The lowest BCUT2D eigenvalue weighted by molar-refractivity contribution is 0.0991. The van der Waals surface area contributed by atoms with Gasteiger partial charge in [0.2, 0.25) is 0 Å². The quantitative estimate of drug-likeness (QED) is 0.787. The third kappa shape index (κ3) is 3.01. The van der Waals surface area contributed by atoms with E-state index in [2.05, 4.69) is 21.0 Å². The van der Waals surface area contributed by atoms with Crippen LogP contribution >= 0.6 is 15.9 Å². The molecule has 0 unspecified atom stereocenters. The topological polar surface area (TPSA) is 34.9 Å². The molecule has 1 aromatic heterocycles. The summed E-state index contributed by atoms with van der Waals surface area (Å²) in [5, 5.41) is 4.56. The molecule has 0 amide bonds. The van der Waals surface area contributed by atoms with Gasteiger partial charge in [0.25, 0.3) is 0 Å². The van der Waals surface area contributed by atoms with Crippen LogP contribution in [0, 0.1) is 0 Å². The predicted octanol–water partition coefficient (Wildman–Crippen LogP) is 4.19. The van der Waals surface area contributed by atoms with Gasteiger partial charge in [-0.1, -0.05) is 40.9 Å². The first kappa shape index (κ1) is 13.6. The van der Waals surface area contributed by atoms with E-state index in [4.69, 9.17) is 0 Å². The van der Waals surface area contributed by atoms with Crippen LogP contribution in [-0.2, 0) is 6.42 Å². The van der Waals surface area contributed by atoms with Crippen molar-refractivity contribution in [3.63, 3.8) is 0 Å². The highest BCUT2D eigenvalue weighted by molar-refractivity contribution is 9.10. The summed E-state index contributed by atoms with van der Waals surface area (Å²) in [7, 11) is 0. The number of halogens is 1. The van der Waals surface area contributed by atoms with Crippen molar-refractivity contribution in [2.24, 2.45) is 0 Å². The van der Waals surface area contributed by atoms with Crippen LogP contribution in [0.15, 0.2) is 41.0 Å². The van der Waals surface area contributed by atoms with Crippen molar-refractivity contribution < 1.29 is 4.79 Å². The van der Waals surface area contributed by atoms with Crippen molar-refractivity contribution in [1.82, 2.24) is 9.78 Å². The van der Waals surface area contributed by atoms with E-state index in [0.717, 1.165) is 15.7 Å². The van der Waals surface area contributed by atoms with Gasteiger partial charge in [-0.15, -0.1) is 0 Å². The smallest absolute Gasteiger partial charge is 0.168 e. The number of ketones is 1. The molecule has 1 aromatic carbocycles. The third-order valence-electron chi connectivity index (χ3n) is 3.85. The molecule has 0 radical (unpaired) electrons. The molecule has 1 saturated carbocycles. The molecule has 0 N–H and O–H groups in total. The van der Waals surface area contributed by atoms with E-state index in [0.29, 0.717) is 12.5 Å². The Balaban J connectivity index is 1.70. The number of hydrogen-bond acceptors (Lipinski definition) is 2. The number of carbonyl (C=O) groups excluding carboxylic acids is 1. The van der Waals surface area contributed by atoms with E-state index in [1.165, 1.54) is 25.7 Å². The van der Waals surface area contributed by atoms with Crippen molar-refractivity contribution in [2.75, 3.05) is 0 Å². The van der Waals surface area contributed by atoms with E-state index in [1.807, 2.05) is 41.2 Å². The molecular formula is C16H17BrN2O. The number of nitrogens with zero attached hydrogens (tertiary/aromatic N) is 2. The number of rotatable bonds is 4. The lowest BCUT2D eigenvalue weighted by Gasteiger charge is -2.08. The number of benzene rings is 1. The molecule has 1 aliphatic rings. The summed E-state index contributed by atoms with van der Waals surface area (Å²) >= 11 is 3.39. The lowest BCUT2D eigenvalue weighted by atomic mass is 10.1. The number of hydrogen-bond donors (Lipinski definition) is 0. The molecule has 0 bridgehead atoms. The van der Waals surface area contributed by atoms with Gasteiger partial charge >= 0.3 is 0 Å². The molecule has 3 rings (SSSR count). The molecule has 1 heterocycles. The van der Waals surface area contributed by atoms with Crippen LogP contribution in [0.2, 0.25) is 0 Å². The molecule has 3 nitrogen and oxygen atoms in total. The molecule has 0 saturated heterocycles. The van der Waals surface area contributed by atoms with Crippen LogP contribution in [0.3, 0.4) is 0 Å². The summed E-state index contributed by atoms with van der Waals surface area (Å²) in [6.45, 7) is 0. The Kier molecular flexibility index (Phi) is 4.01. The van der Waals surface area contributed by atoms with Crippen molar-refractivity contribution in [3.05, 3.63) is 52.3 Å². The summed E-state index contributed by atoms with van der Waals surface area (Å²) in [5.74, 6) is 0.114. The molecule has 0 aliphatic heterocycles. The van der Waals surface area contributed by atoms with Crippen molar-refractivity contribution in [3.8, 4) is 0 Å². The van der Waals surface area contributed by atoms with E-state index in [9.17, 15) is 4.79 Å². The van der Waals surface area contributed by atoms with Crippen molar-refractivity contribution in [2.45, 2.75) is 38.1 Å². The molecule has 20 heavy (non-hydrogen) atoms. The largest absolute Gasteiger partial charge is 0.294 e. The first-order valence-corrected chi connectivity index (χ1v) is 7.84. The Morgan fingerprint density at radius 3 is 2.85 bits per heavy atom. The summed E-state index contributed by atoms with van der Waals surface area (Å²) in [6.07, 6.45) is 7.38. The van der Waals surface area contributed by atoms with Gasteiger partial charge in [-0.05, 0) is 31.0 Å². The number of carbonyl (C=O) groups is 1. The minimum absolute atomic E-state index is 0.114. The second-order valence-electron chi connectivity index (χ2n) is 5.34. The minimum Gasteiger partial charge on any atom is -0.294 e. The Labute approximate surface area is 127 Å². The highest BCUT2D eigenvalue weighted by Crippen LogP contribution is 2.28. The normalized spacial score (nSPS) is 15.7. The van der Waals surface area contributed by atoms with Crippen LogP contribution in [0.1, 0.15) is 47.8 Å². The van der Waals surface area contributed by atoms with Crippen LogP contribution in [0.5, 0.6) is 0 Å². The van der Waals surface area contributed by atoms with E-state index in [1.54, 1.807) is 0 Å². The van der Waals surface area contributed by atoms with Gasteiger partial charge in [-0.25, -0.2) is 0 Å². The Bertz CT molecular complexity index is 614. The molecule has 1 aliphatic carbocycles. The highest BCUT2D eigenvalue weighted by atomic mass is 79.9. The predicted molar refractivity (Wildman–Crippen MR) is 81.9 cm³/mol. The molecule has 2 aromatic rings. The fraction of sp³-hybridized carbons (Fsp3) is 0.375. The van der Waals surface area contributed by atoms with E-state index >= 15 is 0 Å². The molecule has 104 valence electrons. The van der Waals surface area contributed by atoms with Crippen LogP contribution < -0.4 is 0 Å². The maximum absolute atomic E-state index is 12.2. The van der Waals surface area contributed by atoms with Gasteiger partial charge in [-0.3, -0.25) is 9.48 Å². The zero-order chi connectivity index (χ0) is 13.9. The zero-order valence-electron chi connectivity index (χ0n) is 11.3. The van der Waals surface area contributed by atoms with Crippen molar-refractivity contribution in [1.29, 1.82) is 0 Å². The van der Waals surface area contributed by atoms with Gasteiger partial charge in [0.1, 0.15) is 0 Å². The summed E-state index contributed by atoms with van der Waals surface area (Å²) in [5.41, 5.74) is 1.59. The van der Waals surface area contributed by atoms with Crippen LogP contribution in [0.25, 0.3) is 0 Å². The fourth-order valence-electron chi connectivity index (χ4n) is 2.77. The Hall–Kier alpha value is -1.42. The first-order chi connectivity index (χ1) is 9.72. The molecule has 1 fully saturated rings.